The minimum absolute atomic E-state index is 0.0552. The molecule has 0 aliphatic rings. The van der Waals surface area contributed by atoms with Crippen LogP contribution in [0.1, 0.15) is 17.7 Å². The topological polar surface area (TPSA) is 138 Å². The van der Waals surface area contributed by atoms with Crippen molar-refractivity contribution in [3.8, 4) is 0 Å². The largest absolute Gasteiger partial charge is 0.447 e. The van der Waals surface area contributed by atoms with Crippen LogP contribution in [0.3, 0.4) is 0 Å². The number of urea groups is 1. The Morgan fingerprint density at radius 1 is 1.00 bits per heavy atom. The van der Waals surface area contributed by atoms with E-state index < -0.39 is 29.9 Å². The lowest BCUT2D eigenvalue weighted by atomic mass is 10.2. The van der Waals surface area contributed by atoms with Crippen molar-refractivity contribution in [2.24, 2.45) is 0 Å². The van der Waals surface area contributed by atoms with Crippen molar-refractivity contribution in [3.05, 3.63) is 95.4 Å². The average molecular weight is 580 g/mol. The first-order valence-electron chi connectivity index (χ1n) is 12.5. The third kappa shape index (κ3) is 8.32. The molecule has 4 amide bonds. The Balaban J connectivity index is 1.38. The van der Waals surface area contributed by atoms with Crippen molar-refractivity contribution in [2.45, 2.75) is 25.6 Å². The van der Waals surface area contributed by atoms with Crippen molar-refractivity contribution in [1.29, 1.82) is 0 Å². The summed E-state index contributed by atoms with van der Waals surface area (Å²) in [5.74, 6) is -0.733. The Bertz CT molecular complexity index is 1530. The number of ether oxygens (including phenoxy) is 1. The lowest BCUT2D eigenvalue weighted by molar-refractivity contribution is -0.122. The molecule has 3 N–H and O–H groups in total. The van der Waals surface area contributed by atoms with Crippen LogP contribution in [0.5, 0.6) is 0 Å². The Labute approximate surface area is 240 Å². The summed E-state index contributed by atoms with van der Waals surface area (Å²) < 4.78 is 19.1. The zero-order valence-corrected chi connectivity index (χ0v) is 22.8. The number of rotatable bonds is 10. The highest BCUT2D eigenvalue weighted by atomic mass is 35.5. The molecule has 0 fully saturated rings. The van der Waals surface area contributed by atoms with Gasteiger partial charge in [-0.05, 0) is 23.1 Å². The smallest absolute Gasteiger partial charge is 0.412 e. The van der Waals surface area contributed by atoms with Crippen LogP contribution >= 0.6 is 11.6 Å². The SMILES string of the molecule is CN(C(=O)NCc1cccc(F)c1Cl)C(COC(=O)Nc1cc2ccccc2cn1)CC(=O)NCc1cnccn1. The number of halogens is 2. The fourth-order valence-electron chi connectivity index (χ4n) is 3.82. The monoisotopic (exact) mass is 579 g/mol. The van der Waals surface area contributed by atoms with Crippen molar-refractivity contribution in [3.63, 3.8) is 0 Å². The number of amides is 4. The maximum Gasteiger partial charge on any atom is 0.412 e. The molecule has 0 radical (unpaired) electrons. The molecular formula is C28H27ClFN7O4. The van der Waals surface area contributed by atoms with Gasteiger partial charge < -0.3 is 20.3 Å². The third-order valence-electron chi connectivity index (χ3n) is 6.10. The molecule has 0 saturated carbocycles. The molecule has 0 aliphatic heterocycles. The van der Waals surface area contributed by atoms with Crippen LogP contribution in [0, 0.1) is 5.82 Å². The second-order valence-corrected chi connectivity index (χ2v) is 9.33. The molecular weight excluding hydrogens is 553 g/mol. The predicted molar refractivity (Wildman–Crippen MR) is 150 cm³/mol. The van der Waals surface area contributed by atoms with E-state index in [1.54, 1.807) is 18.3 Å². The van der Waals surface area contributed by atoms with Gasteiger partial charge in [-0.1, -0.05) is 48.0 Å². The summed E-state index contributed by atoms with van der Waals surface area (Å²) in [5.41, 5.74) is 0.930. The Kier molecular flexibility index (Phi) is 9.94. The zero-order valence-electron chi connectivity index (χ0n) is 22.0. The number of likely N-dealkylation sites (N-methyl/N-ethyl adjacent to an activating group) is 1. The van der Waals surface area contributed by atoms with E-state index in [2.05, 4.69) is 30.9 Å². The molecule has 0 spiro atoms. The van der Waals surface area contributed by atoms with E-state index in [1.807, 2.05) is 24.3 Å². The molecule has 212 valence electrons. The van der Waals surface area contributed by atoms with Crippen LogP contribution in [0.2, 0.25) is 5.02 Å². The number of hydrogen-bond acceptors (Lipinski definition) is 7. The summed E-state index contributed by atoms with van der Waals surface area (Å²) in [5, 5.41) is 9.60. The molecule has 0 aliphatic carbocycles. The Morgan fingerprint density at radius 3 is 2.59 bits per heavy atom. The average Bonchev–Trinajstić information content (AvgIpc) is 2.99. The van der Waals surface area contributed by atoms with E-state index in [9.17, 15) is 18.8 Å². The second kappa shape index (κ2) is 14.0. The fraction of sp³-hybridized carbons (Fsp3) is 0.214. The van der Waals surface area contributed by atoms with Gasteiger partial charge >= 0.3 is 12.1 Å². The summed E-state index contributed by atoms with van der Waals surface area (Å²) in [6.45, 7) is -0.231. The maximum absolute atomic E-state index is 13.8. The van der Waals surface area contributed by atoms with Gasteiger partial charge in [-0.15, -0.1) is 0 Å². The van der Waals surface area contributed by atoms with E-state index in [-0.39, 0.29) is 37.0 Å². The summed E-state index contributed by atoms with van der Waals surface area (Å²) >= 11 is 5.98. The third-order valence-corrected chi connectivity index (χ3v) is 6.53. The number of pyridine rings is 1. The van der Waals surface area contributed by atoms with Crippen molar-refractivity contribution in [1.82, 2.24) is 30.5 Å². The zero-order chi connectivity index (χ0) is 29.2. The number of aromatic nitrogens is 3. The number of carbonyl (C=O) groups is 3. The first-order chi connectivity index (χ1) is 19.8. The van der Waals surface area contributed by atoms with E-state index in [0.29, 0.717) is 11.3 Å². The molecule has 1 atom stereocenters. The lowest BCUT2D eigenvalue weighted by Gasteiger charge is -2.28. The molecule has 41 heavy (non-hydrogen) atoms. The minimum Gasteiger partial charge on any atom is -0.447 e. The molecule has 1 unspecified atom stereocenters. The maximum atomic E-state index is 13.8. The summed E-state index contributed by atoms with van der Waals surface area (Å²) in [6.07, 6.45) is 5.16. The normalized spacial score (nSPS) is 11.4. The van der Waals surface area contributed by atoms with Crippen LogP contribution in [0.25, 0.3) is 10.8 Å². The molecule has 0 saturated heterocycles. The van der Waals surface area contributed by atoms with Gasteiger partial charge in [0.2, 0.25) is 5.91 Å². The van der Waals surface area contributed by atoms with Gasteiger partial charge in [-0.3, -0.25) is 20.1 Å². The van der Waals surface area contributed by atoms with E-state index >= 15 is 0 Å². The quantitative estimate of drug-likeness (QED) is 0.255. The molecule has 11 nitrogen and oxygen atoms in total. The number of benzene rings is 2. The minimum atomic E-state index is -0.852. The molecule has 0 bridgehead atoms. The predicted octanol–water partition coefficient (Wildman–Crippen LogP) is 4.28. The number of hydrogen-bond donors (Lipinski definition) is 3. The van der Waals surface area contributed by atoms with Crippen LogP contribution < -0.4 is 16.0 Å². The highest BCUT2D eigenvalue weighted by Crippen LogP contribution is 2.20. The van der Waals surface area contributed by atoms with Crippen molar-refractivity contribution < 1.29 is 23.5 Å². The fourth-order valence-corrected chi connectivity index (χ4v) is 4.01. The molecule has 13 heteroatoms. The lowest BCUT2D eigenvalue weighted by Crippen LogP contribution is -2.47. The first kappa shape index (κ1) is 29.2. The van der Waals surface area contributed by atoms with Crippen LogP contribution in [-0.4, -0.2) is 57.6 Å². The Morgan fingerprint density at radius 2 is 1.80 bits per heavy atom. The molecule has 4 rings (SSSR count). The summed E-state index contributed by atoms with van der Waals surface area (Å²) in [6, 6.07) is 12.1. The van der Waals surface area contributed by atoms with Gasteiger partial charge in [0.05, 0.1) is 35.9 Å². The van der Waals surface area contributed by atoms with Gasteiger partial charge in [0.1, 0.15) is 18.2 Å². The van der Waals surface area contributed by atoms with Gasteiger partial charge in [0.15, 0.2) is 0 Å². The second-order valence-electron chi connectivity index (χ2n) is 8.95. The molecule has 2 aromatic carbocycles. The number of nitrogens with one attached hydrogen (secondary N) is 3. The number of fused-ring (bicyclic) bond motifs is 1. The van der Waals surface area contributed by atoms with Crippen molar-refractivity contribution in [2.75, 3.05) is 19.0 Å². The Hall–Kier alpha value is -4.84. The van der Waals surface area contributed by atoms with Crippen LogP contribution in [0.4, 0.5) is 19.8 Å². The van der Waals surface area contributed by atoms with Gasteiger partial charge in [-0.2, -0.15) is 0 Å². The van der Waals surface area contributed by atoms with E-state index in [4.69, 9.17) is 16.3 Å². The number of nitrogens with zero attached hydrogens (tertiary/aromatic N) is 4. The highest BCUT2D eigenvalue weighted by molar-refractivity contribution is 6.31. The summed E-state index contributed by atoms with van der Waals surface area (Å²) in [7, 11) is 1.45. The number of anilines is 1. The van der Waals surface area contributed by atoms with Gasteiger partial charge in [0, 0.05) is 37.6 Å². The standard InChI is InChI=1S/C28H27ClFN7O4/c1-37(27(39)35-14-20-7-4-8-23(30)26(20)29)22(12-25(38)34-16-21-15-31-9-10-32-21)17-41-28(40)36-24-11-18-5-2-3-6-19(18)13-33-24/h2-11,13,15,22H,12,14,16-17H2,1H3,(H,34,38)(H,35,39)(H,33,36,40). The van der Waals surface area contributed by atoms with Crippen LogP contribution in [0.15, 0.2) is 73.3 Å². The van der Waals surface area contributed by atoms with E-state index in [0.717, 1.165) is 10.8 Å². The highest BCUT2D eigenvalue weighted by Gasteiger charge is 2.25. The molecule has 4 aromatic rings. The molecule has 2 heterocycles. The van der Waals surface area contributed by atoms with E-state index in [1.165, 1.54) is 42.7 Å². The summed E-state index contributed by atoms with van der Waals surface area (Å²) in [4.78, 5) is 51.7. The number of carbonyl (C=O) groups excluding carboxylic acids is 3. The molecule has 2 aromatic heterocycles. The van der Waals surface area contributed by atoms with Gasteiger partial charge in [-0.25, -0.2) is 19.0 Å². The van der Waals surface area contributed by atoms with Gasteiger partial charge in [0.25, 0.3) is 0 Å². The van der Waals surface area contributed by atoms with Crippen LogP contribution in [-0.2, 0) is 22.6 Å². The first-order valence-corrected chi connectivity index (χ1v) is 12.9. The van der Waals surface area contributed by atoms with Crippen molar-refractivity contribution >= 4 is 46.2 Å².